The Morgan fingerprint density at radius 2 is 2.30 bits per heavy atom. The Morgan fingerprint density at radius 1 is 1.45 bits per heavy atom. The lowest BCUT2D eigenvalue weighted by Gasteiger charge is -2.23. The number of hydrogen-bond donors (Lipinski definition) is 2. The van der Waals surface area contributed by atoms with E-state index in [1.807, 2.05) is 0 Å². The van der Waals surface area contributed by atoms with Gasteiger partial charge in [-0.1, -0.05) is 0 Å². The molecule has 0 saturated carbocycles. The summed E-state index contributed by atoms with van der Waals surface area (Å²) < 4.78 is 12.4. The first-order chi connectivity index (χ1) is 9.65. The number of rotatable bonds is 3. The number of carbonyl (C=O) groups is 1. The fraction of sp³-hybridized carbons (Fsp3) is 0.385. The summed E-state index contributed by atoms with van der Waals surface area (Å²) in [6, 6.07) is 4.56. The smallest absolute Gasteiger partial charge is 0.335 e. The van der Waals surface area contributed by atoms with Crippen LogP contribution < -0.4 is 5.69 Å². The molecular weight excluding hydrogens is 264 g/mol. The molecule has 20 heavy (non-hydrogen) atoms. The summed E-state index contributed by atoms with van der Waals surface area (Å²) in [5, 5.41) is 8.95. The molecule has 0 radical (unpaired) electrons. The van der Waals surface area contributed by atoms with Gasteiger partial charge in [0.25, 0.3) is 0 Å². The first kappa shape index (κ1) is 12.9. The van der Waals surface area contributed by atoms with Crippen molar-refractivity contribution < 1.29 is 19.4 Å². The number of aromatic amines is 1. The topological polar surface area (TPSA) is 93.6 Å². The van der Waals surface area contributed by atoms with E-state index in [4.69, 9.17) is 14.6 Å². The maximum absolute atomic E-state index is 12.0. The molecule has 2 N–H and O–H groups in total. The molecule has 1 unspecified atom stereocenters. The third kappa shape index (κ3) is 2.33. The zero-order chi connectivity index (χ0) is 14.1. The van der Waals surface area contributed by atoms with Gasteiger partial charge >= 0.3 is 11.7 Å². The molecule has 1 atom stereocenters. The number of nitrogens with one attached hydrogen (secondary N) is 1. The van der Waals surface area contributed by atoms with Gasteiger partial charge in [0, 0.05) is 0 Å². The Bertz CT molecular complexity index is 696. The minimum atomic E-state index is -1.02. The summed E-state index contributed by atoms with van der Waals surface area (Å²) in [5.41, 5.74) is 1.03. The number of fused-ring (bicyclic) bond motifs is 1. The van der Waals surface area contributed by atoms with Crippen LogP contribution in [0.15, 0.2) is 23.0 Å². The van der Waals surface area contributed by atoms with Gasteiger partial charge in [-0.2, -0.15) is 0 Å². The number of carboxylic acid groups (broad SMARTS) is 1. The molecule has 0 bridgehead atoms. The van der Waals surface area contributed by atoms with E-state index in [2.05, 4.69) is 4.98 Å². The number of benzene rings is 1. The van der Waals surface area contributed by atoms with Crippen molar-refractivity contribution in [2.45, 2.75) is 12.6 Å². The summed E-state index contributed by atoms with van der Waals surface area (Å²) in [7, 11) is 0. The average Bonchev–Trinajstić information content (AvgIpc) is 2.75. The van der Waals surface area contributed by atoms with Gasteiger partial charge in [0.15, 0.2) is 0 Å². The number of carboxylic acids is 1. The van der Waals surface area contributed by atoms with Gasteiger partial charge in [0.2, 0.25) is 0 Å². The number of aromatic carboxylic acids is 1. The molecule has 2 aromatic rings. The predicted octanol–water partition coefficient (Wildman–Crippen LogP) is 0.443. The van der Waals surface area contributed by atoms with Crippen LogP contribution in [0.1, 0.15) is 10.4 Å². The zero-order valence-electron chi connectivity index (χ0n) is 10.7. The highest BCUT2D eigenvalue weighted by Crippen LogP contribution is 2.14. The minimum Gasteiger partial charge on any atom is -0.478 e. The van der Waals surface area contributed by atoms with Crippen molar-refractivity contribution in [1.82, 2.24) is 9.55 Å². The minimum absolute atomic E-state index is 0.142. The van der Waals surface area contributed by atoms with Gasteiger partial charge in [0.05, 0.1) is 49.1 Å². The van der Waals surface area contributed by atoms with Gasteiger partial charge < -0.3 is 19.6 Å². The molecule has 1 aromatic carbocycles. The van der Waals surface area contributed by atoms with Crippen LogP contribution in [0.5, 0.6) is 0 Å². The average molecular weight is 278 g/mol. The quantitative estimate of drug-likeness (QED) is 0.850. The van der Waals surface area contributed by atoms with E-state index in [0.29, 0.717) is 37.4 Å². The van der Waals surface area contributed by atoms with Crippen molar-refractivity contribution in [3.63, 3.8) is 0 Å². The summed E-state index contributed by atoms with van der Waals surface area (Å²) >= 11 is 0. The number of aromatic nitrogens is 2. The third-order valence-electron chi connectivity index (χ3n) is 3.29. The van der Waals surface area contributed by atoms with E-state index >= 15 is 0 Å². The van der Waals surface area contributed by atoms with Crippen molar-refractivity contribution in [2.24, 2.45) is 0 Å². The van der Waals surface area contributed by atoms with Crippen LogP contribution in [-0.2, 0) is 16.0 Å². The van der Waals surface area contributed by atoms with Crippen LogP contribution >= 0.6 is 0 Å². The highest BCUT2D eigenvalue weighted by atomic mass is 16.6. The number of hydrogen-bond acceptors (Lipinski definition) is 4. The summed E-state index contributed by atoms with van der Waals surface area (Å²) in [6.45, 7) is 1.92. The number of H-pyrrole nitrogens is 1. The molecule has 7 heteroatoms. The molecule has 3 rings (SSSR count). The molecular formula is C13H14N2O5. The highest BCUT2D eigenvalue weighted by Gasteiger charge is 2.18. The summed E-state index contributed by atoms with van der Waals surface area (Å²) in [5.74, 6) is -1.02. The molecule has 1 fully saturated rings. The standard InChI is InChI=1S/C13H14N2O5/c16-12(17)8-1-2-11-10(5-8)14-13(18)15(11)6-9-7-19-3-4-20-9/h1-2,5,9H,3-4,6-7H2,(H,14,18)(H,16,17). The number of ether oxygens (including phenoxy) is 2. The molecule has 106 valence electrons. The van der Waals surface area contributed by atoms with Crippen LogP contribution in [0.25, 0.3) is 11.0 Å². The van der Waals surface area contributed by atoms with E-state index < -0.39 is 5.97 Å². The largest absolute Gasteiger partial charge is 0.478 e. The fourth-order valence-corrected chi connectivity index (χ4v) is 2.32. The van der Waals surface area contributed by atoms with E-state index in [9.17, 15) is 9.59 Å². The van der Waals surface area contributed by atoms with Crippen molar-refractivity contribution in [3.8, 4) is 0 Å². The van der Waals surface area contributed by atoms with Crippen molar-refractivity contribution >= 4 is 17.0 Å². The van der Waals surface area contributed by atoms with E-state index in [-0.39, 0.29) is 17.4 Å². The van der Waals surface area contributed by atoms with Gasteiger partial charge in [-0.3, -0.25) is 4.57 Å². The predicted molar refractivity (Wildman–Crippen MR) is 70.1 cm³/mol. The van der Waals surface area contributed by atoms with Gasteiger partial charge in [-0.25, -0.2) is 9.59 Å². The SMILES string of the molecule is O=C(O)c1ccc2c(c1)[nH]c(=O)n2CC1COCCO1. The summed E-state index contributed by atoms with van der Waals surface area (Å²) in [4.78, 5) is 25.5. The number of nitrogens with zero attached hydrogens (tertiary/aromatic N) is 1. The lowest BCUT2D eigenvalue weighted by Crippen LogP contribution is -2.34. The van der Waals surface area contributed by atoms with Crippen LogP contribution in [0.4, 0.5) is 0 Å². The molecule has 0 aliphatic carbocycles. The maximum atomic E-state index is 12.0. The van der Waals surface area contributed by atoms with Crippen LogP contribution in [0.3, 0.4) is 0 Å². The second-order valence-electron chi connectivity index (χ2n) is 4.65. The Labute approximate surface area is 113 Å². The van der Waals surface area contributed by atoms with Gasteiger partial charge in [-0.15, -0.1) is 0 Å². The van der Waals surface area contributed by atoms with Crippen molar-refractivity contribution in [3.05, 3.63) is 34.2 Å². The fourth-order valence-electron chi connectivity index (χ4n) is 2.32. The molecule has 0 amide bonds. The zero-order valence-corrected chi connectivity index (χ0v) is 10.7. The lowest BCUT2D eigenvalue weighted by atomic mass is 10.2. The Morgan fingerprint density at radius 3 is 3.00 bits per heavy atom. The van der Waals surface area contributed by atoms with Gasteiger partial charge in [0.1, 0.15) is 0 Å². The third-order valence-corrected chi connectivity index (χ3v) is 3.29. The lowest BCUT2D eigenvalue weighted by molar-refractivity contribution is -0.0934. The Kier molecular flexibility index (Phi) is 3.29. The summed E-state index contributed by atoms with van der Waals surface area (Å²) in [6.07, 6.45) is -0.167. The van der Waals surface area contributed by atoms with Crippen LogP contribution in [0, 0.1) is 0 Å². The van der Waals surface area contributed by atoms with E-state index in [1.54, 1.807) is 10.6 Å². The first-order valence-electron chi connectivity index (χ1n) is 6.30. The monoisotopic (exact) mass is 278 g/mol. The Hall–Kier alpha value is -2.12. The molecule has 1 aliphatic heterocycles. The molecule has 0 spiro atoms. The van der Waals surface area contributed by atoms with Crippen molar-refractivity contribution in [1.29, 1.82) is 0 Å². The van der Waals surface area contributed by atoms with Gasteiger partial charge in [-0.05, 0) is 18.2 Å². The van der Waals surface area contributed by atoms with E-state index in [1.165, 1.54) is 12.1 Å². The van der Waals surface area contributed by atoms with Crippen LogP contribution in [0.2, 0.25) is 0 Å². The maximum Gasteiger partial charge on any atom is 0.335 e. The van der Waals surface area contributed by atoms with E-state index in [0.717, 1.165) is 0 Å². The molecule has 7 nitrogen and oxygen atoms in total. The second-order valence-corrected chi connectivity index (χ2v) is 4.65. The molecule has 1 saturated heterocycles. The van der Waals surface area contributed by atoms with Crippen LogP contribution in [-0.4, -0.2) is 46.6 Å². The normalized spacial score (nSPS) is 19.3. The second kappa shape index (κ2) is 5.10. The number of imidazole rings is 1. The molecule has 2 heterocycles. The Balaban J connectivity index is 1.96. The molecule has 1 aliphatic rings. The first-order valence-corrected chi connectivity index (χ1v) is 6.30. The highest BCUT2D eigenvalue weighted by molar-refractivity contribution is 5.92. The molecule has 1 aromatic heterocycles. The van der Waals surface area contributed by atoms with Crippen molar-refractivity contribution in [2.75, 3.05) is 19.8 Å².